The van der Waals surface area contributed by atoms with Gasteiger partial charge in [-0.15, -0.1) is 0 Å². The van der Waals surface area contributed by atoms with Gasteiger partial charge in [-0.2, -0.15) is 0 Å². The summed E-state index contributed by atoms with van der Waals surface area (Å²) in [4.78, 5) is 16.0. The van der Waals surface area contributed by atoms with Crippen LogP contribution in [0.15, 0.2) is 18.2 Å². The van der Waals surface area contributed by atoms with E-state index in [1.54, 1.807) is 0 Å². The Kier molecular flexibility index (Phi) is 7.18. The van der Waals surface area contributed by atoms with Gasteiger partial charge in [-0.25, -0.2) is 0 Å². The first-order valence-electron chi connectivity index (χ1n) is 8.79. The molecule has 0 saturated carbocycles. The van der Waals surface area contributed by atoms with Crippen molar-refractivity contribution in [1.29, 1.82) is 0 Å². The number of nitrogens with zero attached hydrogens (tertiary/aromatic N) is 2. The van der Waals surface area contributed by atoms with Crippen molar-refractivity contribution in [3.8, 4) is 11.5 Å². The number of para-hydroxylation sites is 1. The van der Waals surface area contributed by atoms with Gasteiger partial charge < -0.3 is 19.1 Å². The molecule has 1 aromatic carbocycles. The fourth-order valence-electron chi connectivity index (χ4n) is 2.84. The third-order valence-corrected chi connectivity index (χ3v) is 3.92. The number of benzene rings is 1. The van der Waals surface area contributed by atoms with Gasteiger partial charge in [0.15, 0.2) is 11.5 Å². The summed E-state index contributed by atoms with van der Waals surface area (Å²) in [6, 6.07) is 6.00. The minimum absolute atomic E-state index is 0.148. The lowest BCUT2D eigenvalue weighted by Crippen LogP contribution is -2.48. The van der Waals surface area contributed by atoms with Crippen LogP contribution in [-0.2, 0) is 9.53 Å². The third kappa shape index (κ3) is 4.54. The van der Waals surface area contributed by atoms with Gasteiger partial charge in [-0.1, -0.05) is 19.9 Å². The maximum atomic E-state index is 11.5. The molecule has 1 fully saturated rings. The summed E-state index contributed by atoms with van der Waals surface area (Å²) >= 11 is 0. The number of carbonyl (C=O) groups is 1. The SMILES string of the molecule is CC.CCOC(=O)CN1CCN(c2cccc3c2OCCO3)CC1. The van der Waals surface area contributed by atoms with E-state index in [0.717, 1.165) is 43.4 Å². The minimum atomic E-state index is -0.148. The maximum Gasteiger partial charge on any atom is 0.320 e. The predicted octanol–water partition coefficient (Wildman–Crippen LogP) is 2.17. The van der Waals surface area contributed by atoms with Gasteiger partial charge in [0.1, 0.15) is 13.2 Å². The average molecular weight is 336 g/mol. The quantitative estimate of drug-likeness (QED) is 0.786. The van der Waals surface area contributed by atoms with Gasteiger partial charge in [-0.05, 0) is 19.1 Å². The maximum absolute atomic E-state index is 11.5. The molecule has 6 nitrogen and oxygen atoms in total. The van der Waals surface area contributed by atoms with Crippen molar-refractivity contribution in [2.75, 3.05) is 57.4 Å². The Morgan fingerprint density at radius 2 is 1.83 bits per heavy atom. The first-order chi connectivity index (χ1) is 11.8. The van der Waals surface area contributed by atoms with Crippen LogP contribution in [-0.4, -0.2) is 63.4 Å². The zero-order valence-electron chi connectivity index (χ0n) is 14.9. The normalized spacial score (nSPS) is 16.9. The van der Waals surface area contributed by atoms with Crippen LogP contribution in [0.1, 0.15) is 20.8 Å². The first kappa shape index (κ1) is 18.4. The molecule has 0 aromatic heterocycles. The van der Waals surface area contributed by atoms with Crippen molar-refractivity contribution in [3.63, 3.8) is 0 Å². The summed E-state index contributed by atoms with van der Waals surface area (Å²) < 4.78 is 16.4. The zero-order chi connectivity index (χ0) is 17.4. The standard InChI is InChI=1S/C16H22N2O4.C2H6/c1-2-20-15(19)12-17-6-8-18(9-7-17)13-4-3-5-14-16(13)22-11-10-21-14;1-2/h3-5H,2,6-12H2,1H3;1-2H3. The molecule has 0 atom stereocenters. The van der Waals surface area contributed by atoms with Crippen LogP contribution in [0, 0.1) is 0 Å². The lowest BCUT2D eigenvalue weighted by molar-refractivity contribution is -0.144. The van der Waals surface area contributed by atoms with E-state index in [1.165, 1.54) is 0 Å². The number of fused-ring (bicyclic) bond motifs is 1. The zero-order valence-corrected chi connectivity index (χ0v) is 14.9. The molecule has 0 spiro atoms. The van der Waals surface area contributed by atoms with E-state index in [-0.39, 0.29) is 5.97 Å². The molecule has 1 aromatic rings. The number of carbonyl (C=O) groups excluding carboxylic acids is 1. The molecule has 0 aliphatic carbocycles. The summed E-state index contributed by atoms with van der Waals surface area (Å²) in [5.74, 6) is 1.51. The highest BCUT2D eigenvalue weighted by Crippen LogP contribution is 2.39. The molecule has 0 amide bonds. The Hall–Kier alpha value is -1.95. The monoisotopic (exact) mass is 336 g/mol. The highest BCUT2D eigenvalue weighted by molar-refractivity contribution is 5.71. The Labute approximate surface area is 144 Å². The Balaban J connectivity index is 0.00000100. The lowest BCUT2D eigenvalue weighted by atomic mass is 10.2. The van der Waals surface area contributed by atoms with Gasteiger partial charge in [0.25, 0.3) is 0 Å². The van der Waals surface area contributed by atoms with Crippen LogP contribution in [0.5, 0.6) is 11.5 Å². The number of anilines is 1. The molecule has 0 bridgehead atoms. The van der Waals surface area contributed by atoms with Crippen LogP contribution in [0.4, 0.5) is 5.69 Å². The summed E-state index contributed by atoms with van der Waals surface area (Å²) in [7, 11) is 0. The highest BCUT2D eigenvalue weighted by Gasteiger charge is 2.24. The average Bonchev–Trinajstić information content (AvgIpc) is 2.64. The molecule has 2 aliphatic rings. The molecule has 0 unspecified atom stereocenters. The molecule has 2 heterocycles. The number of piperazine rings is 1. The predicted molar refractivity (Wildman–Crippen MR) is 94.1 cm³/mol. The Bertz CT molecular complexity index is 528. The molecular weight excluding hydrogens is 308 g/mol. The fourth-order valence-corrected chi connectivity index (χ4v) is 2.84. The summed E-state index contributed by atoms with van der Waals surface area (Å²) in [5, 5.41) is 0. The van der Waals surface area contributed by atoms with Crippen LogP contribution < -0.4 is 14.4 Å². The van der Waals surface area contributed by atoms with Crippen LogP contribution in [0.3, 0.4) is 0 Å². The fraction of sp³-hybridized carbons (Fsp3) is 0.611. The molecule has 134 valence electrons. The minimum Gasteiger partial charge on any atom is -0.486 e. The second-order valence-electron chi connectivity index (χ2n) is 5.37. The van der Waals surface area contributed by atoms with Crippen molar-refractivity contribution in [1.82, 2.24) is 4.90 Å². The van der Waals surface area contributed by atoms with Crippen molar-refractivity contribution in [3.05, 3.63) is 18.2 Å². The van der Waals surface area contributed by atoms with E-state index in [4.69, 9.17) is 14.2 Å². The topological polar surface area (TPSA) is 51.2 Å². The van der Waals surface area contributed by atoms with Crippen LogP contribution >= 0.6 is 0 Å². The number of rotatable bonds is 4. The summed E-state index contributed by atoms with van der Waals surface area (Å²) in [6.07, 6.45) is 0. The molecule has 3 rings (SSSR count). The van der Waals surface area contributed by atoms with Gasteiger partial charge in [-0.3, -0.25) is 9.69 Å². The second kappa shape index (κ2) is 9.37. The number of hydrogen-bond acceptors (Lipinski definition) is 6. The van der Waals surface area contributed by atoms with Gasteiger partial charge >= 0.3 is 5.97 Å². The Morgan fingerprint density at radius 3 is 2.54 bits per heavy atom. The summed E-state index contributed by atoms with van der Waals surface area (Å²) in [5.41, 5.74) is 1.08. The van der Waals surface area contributed by atoms with Crippen molar-refractivity contribution in [2.24, 2.45) is 0 Å². The van der Waals surface area contributed by atoms with Crippen LogP contribution in [0.2, 0.25) is 0 Å². The number of esters is 1. The van der Waals surface area contributed by atoms with Crippen molar-refractivity contribution in [2.45, 2.75) is 20.8 Å². The molecule has 2 aliphatic heterocycles. The molecule has 24 heavy (non-hydrogen) atoms. The van der Waals surface area contributed by atoms with E-state index >= 15 is 0 Å². The van der Waals surface area contributed by atoms with E-state index in [1.807, 2.05) is 32.9 Å². The van der Waals surface area contributed by atoms with Crippen LogP contribution in [0.25, 0.3) is 0 Å². The Morgan fingerprint density at radius 1 is 1.12 bits per heavy atom. The van der Waals surface area contributed by atoms with Crippen molar-refractivity contribution < 1.29 is 19.0 Å². The summed E-state index contributed by atoms with van der Waals surface area (Å²) in [6.45, 7) is 11.2. The molecule has 6 heteroatoms. The lowest BCUT2D eigenvalue weighted by Gasteiger charge is -2.36. The van der Waals surface area contributed by atoms with E-state index in [0.29, 0.717) is 26.4 Å². The van der Waals surface area contributed by atoms with E-state index < -0.39 is 0 Å². The number of ether oxygens (including phenoxy) is 3. The molecular formula is C18H28N2O4. The third-order valence-electron chi connectivity index (χ3n) is 3.92. The largest absolute Gasteiger partial charge is 0.486 e. The highest BCUT2D eigenvalue weighted by atomic mass is 16.6. The van der Waals surface area contributed by atoms with E-state index in [2.05, 4.69) is 15.9 Å². The van der Waals surface area contributed by atoms with Gasteiger partial charge in [0.2, 0.25) is 0 Å². The smallest absolute Gasteiger partial charge is 0.320 e. The number of hydrogen-bond donors (Lipinski definition) is 0. The molecule has 0 radical (unpaired) electrons. The second-order valence-corrected chi connectivity index (χ2v) is 5.37. The van der Waals surface area contributed by atoms with Gasteiger partial charge in [0.05, 0.1) is 18.8 Å². The first-order valence-corrected chi connectivity index (χ1v) is 8.79. The molecule has 0 N–H and O–H groups in total. The molecule has 1 saturated heterocycles. The van der Waals surface area contributed by atoms with Crippen molar-refractivity contribution >= 4 is 11.7 Å². The van der Waals surface area contributed by atoms with Gasteiger partial charge in [0, 0.05) is 26.2 Å². The van der Waals surface area contributed by atoms with E-state index in [9.17, 15) is 4.79 Å².